The largest absolute Gasteiger partial charge is 0.351 e. The summed E-state index contributed by atoms with van der Waals surface area (Å²) in [5, 5.41) is 3.23. The Morgan fingerprint density at radius 3 is 2.50 bits per heavy atom. The number of aromatic nitrogens is 4. The zero-order valence-electron chi connectivity index (χ0n) is 17.3. The summed E-state index contributed by atoms with van der Waals surface area (Å²) in [5.41, 5.74) is -0.990. The van der Waals surface area contributed by atoms with E-state index in [1.165, 1.54) is 36.9 Å². The molecule has 1 aromatic carbocycles. The van der Waals surface area contributed by atoms with Gasteiger partial charge in [0.15, 0.2) is 11.5 Å². The van der Waals surface area contributed by atoms with E-state index in [0.29, 0.717) is 5.56 Å². The van der Waals surface area contributed by atoms with Crippen molar-refractivity contribution in [3.63, 3.8) is 0 Å². The van der Waals surface area contributed by atoms with E-state index in [2.05, 4.69) is 15.3 Å². The van der Waals surface area contributed by atoms with E-state index in [1.807, 2.05) is 20.8 Å². The molecule has 1 amide bonds. The van der Waals surface area contributed by atoms with Crippen LogP contribution >= 0.6 is 11.8 Å². The van der Waals surface area contributed by atoms with Crippen LogP contribution in [0.15, 0.2) is 38.9 Å². The second kappa shape index (κ2) is 8.02. The molecule has 0 bridgehead atoms. The summed E-state index contributed by atoms with van der Waals surface area (Å²) in [7, 11) is 2.86. The van der Waals surface area contributed by atoms with E-state index in [4.69, 9.17) is 0 Å². The van der Waals surface area contributed by atoms with Crippen LogP contribution in [0.3, 0.4) is 0 Å². The second-order valence-electron chi connectivity index (χ2n) is 7.85. The number of halogens is 1. The van der Waals surface area contributed by atoms with Crippen molar-refractivity contribution in [1.82, 2.24) is 24.4 Å². The molecule has 0 saturated carbocycles. The molecule has 0 spiro atoms. The fourth-order valence-corrected chi connectivity index (χ4v) is 3.69. The predicted octanol–water partition coefficient (Wildman–Crippen LogP) is 1.84. The number of nitrogens with zero attached hydrogens (tertiary/aromatic N) is 4. The zero-order valence-corrected chi connectivity index (χ0v) is 18.1. The van der Waals surface area contributed by atoms with Gasteiger partial charge in [-0.1, -0.05) is 23.9 Å². The van der Waals surface area contributed by atoms with E-state index in [9.17, 15) is 18.8 Å². The van der Waals surface area contributed by atoms with Gasteiger partial charge in [0.1, 0.15) is 16.2 Å². The molecule has 30 heavy (non-hydrogen) atoms. The summed E-state index contributed by atoms with van der Waals surface area (Å²) in [6.07, 6.45) is 0. The SMILES string of the molecule is Cn1c(=O)c2c(SCC(=O)NC(C)(C)C)nc(-c3cccc(F)c3)nc2n(C)c1=O. The highest BCUT2D eigenvalue weighted by Crippen LogP contribution is 2.26. The van der Waals surface area contributed by atoms with Crippen molar-refractivity contribution < 1.29 is 9.18 Å². The first kappa shape index (κ1) is 21.7. The summed E-state index contributed by atoms with van der Waals surface area (Å²) in [6, 6.07) is 5.71. The molecule has 0 unspecified atom stereocenters. The van der Waals surface area contributed by atoms with Crippen molar-refractivity contribution in [2.24, 2.45) is 14.1 Å². The normalized spacial score (nSPS) is 11.7. The Hall–Kier alpha value is -3.01. The van der Waals surface area contributed by atoms with Crippen LogP contribution in [0, 0.1) is 5.82 Å². The van der Waals surface area contributed by atoms with Gasteiger partial charge in [-0.2, -0.15) is 0 Å². The Morgan fingerprint density at radius 1 is 1.17 bits per heavy atom. The van der Waals surface area contributed by atoms with Crippen LogP contribution < -0.4 is 16.6 Å². The lowest BCUT2D eigenvalue weighted by Gasteiger charge is -2.20. The Morgan fingerprint density at radius 2 is 1.87 bits per heavy atom. The summed E-state index contributed by atoms with van der Waals surface area (Å²) >= 11 is 1.06. The van der Waals surface area contributed by atoms with Crippen LogP contribution in [0.1, 0.15) is 20.8 Å². The lowest BCUT2D eigenvalue weighted by atomic mass is 10.1. The smallest absolute Gasteiger partial charge is 0.332 e. The number of amides is 1. The molecule has 2 aromatic heterocycles. The van der Waals surface area contributed by atoms with Crippen LogP contribution in [-0.4, -0.2) is 36.3 Å². The average molecular weight is 431 g/mol. The van der Waals surface area contributed by atoms with Crippen LogP contribution in [0.4, 0.5) is 4.39 Å². The molecule has 0 atom stereocenters. The van der Waals surface area contributed by atoms with Crippen molar-refractivity contribution in [2.75, 3.05) is 5.75 Å². The Bertz CT molecular complexity index is 1260. The molecule has 0 aliphatic rings. The standard InChI is InChI=1S/C20H22FN5O3S/c1-20(2,3)24-13(27)10-30-17-14-16(25(4)19(29)26(5)18(14)28)22-15(23-17)11-7-6-8-12(21)9-11/h6-9H,10H2,1-5H3,(H,24,27). The molecule has 3 aromatic rings. The molecule has 10 heteroatoms. The second-order valence-corrected chi connectivity index (χ2v) is 8.82. The maximum atomic E-state index is 13.7. The third kappa shape index (κ3) is 4.43. The Kier molecular flexibility index (Phi) is 5.80. The molecule has 8 nitrogen and oxygen atoms in total. The minimum Gasteiger partial charge on any atom is -0.351 e. The number of carbonyl (C=O) groups excluding carboxylic acids is 1. The highest BCUT2D eigenvalue weighted by molar-refractivity contribution is 8.00. The summed E-state index contributed by atoms with van der Waals surface area (Å²) in [4.78, 5) is 46.2. The number of benzene rings is 1. The molecule has 0 radical (unpaired) electrons. The number of hydrogen-bond donors (Lipinski definition) is 1. The van der Waals surface area contributed by atoms with Crippen LogP contribution in [0.5, 0.6) is 0 Å². The highest BCUT2D eigenvalue weighted by atomic mass is 32.2. The number of nitrogens with one attached hydrogen (secondary N) is 1. The number of thioether (sulfide) groups is 1. The number of rotatable bonds is 4. The number of hydrogen-bond acceptors (Lipinski definition) is 6. The summed E-state index contributed by atoms with van der Waals surface area (Å²) < 4.78 is 15.9. The van der Waals surface area contributed by atoms with Gasteiger partial charge in [-0.3, -0.25) is 18.7 Å². The predicted molar refractivity (Wildman–Crippen MR) is 114 cm³/mol. The van der Waals surface area contributed by atoms with Gasteiger partial charge < -0.3 is 5.32 Å². The topological polar surface area (TPSA) is 98.9 Å². The van der Waals surface area contributed by atoms with E-state index < -0.39 is 22.6 Å². The first-order valence-electron chi connectivity index (χ1n) is 9.15. The maximum absolute atomic E-state index is 13.7. The van der Waals surface area contributed by atoms with Crippen molar-refractivity contribution in [3.05, 3.63) is 50.9 Å². The molecule has 3 rings (SSSR count). The Balaban J connectivity index is 2.19. The molecule has 1 N–H and O–H groups in total. The summed E-state index contributed by atoms with van der Waals surface area (Å²) in [6.45, 7) is 5.59. The molecule has 2 heterocycles. The van der Waals surface area contributed by atoms with E-state index in [-0.39, 0.29) is 33.5 Å². The molecular weight excluding hydrogens is 409 g/mol. The number of fused-ring (bicyclic) bond motifs is 1. The zero-order chi connectivity index (χ0) is 22.2. The van der Waals surface area contributed by atoms with Gasteiger partial charge in [0.2, 0.25) is 5.91 Å². The van der Waals surface area contributed by atoms with E-state index in [0.717, 1.165) is 16.3 Å². The van der Waals surface area contributed by atoms with Crippen molar-refractivity contribution >= 4 is 28.7 Å². The quantitative estimate of drug-likeness (QED) is 0.500. The van der Waals surface area contributed by atoms with Crippen LogP contribution in [-0.2, 0) is 18.9 Å². The first-order chi connectivity index (χ1) is 14.0. The fourth-order valence-electron chi connectivity index (χ4n) is 2.88. The molecule has 0 aliphatic carbocycles. The van der Waals surface area contributed by atoms with Gasteiger partial charge in [-0.25, -0.2) is 19.2 Å². The van der Waals surface area contributed by atoms with E-state index >= 15 is 0 Å². The average Bonchev–Trinajstić information content (AvgIpc) is 2.67. The van der Waals surface area contributed by atoms with Crippen LogP contribution in [0.2, 0.25) is 0 Å². The van der Waals surface area contributed by atoms with Gasteiger partial charge >= 0.3 is 5.69 Å². The van der Waals surface area contributed by atoms with Gasteiger partial charge in [0, 0.05) is 25.2 Å². The first-order valence-corrected chi connectivity index (χ1v) is 10.1. The molecule has 0 aliphatic heterocycles. The fraction of sp³-hybridized carbons (Fsp3) is 0.350. The molecular formula is C20H22FN5O3S. The lowest BCUT2D eigenvalue weighted by Crippen LogP contribution is -2.41. The third-order valence-corrected chi connectivity index (χ3v) is 5.18. The summed E-state index contributed by atoms with van der Waals surface area (Å²) in [5.74, 6) is -0.525. The Labute approximate surface area is 176 Å². The van der Waals surface area contributed by atoms with Crippen LogP contribution in [0.25, 0.3) is 22.4 Å². The van der Waals surface area contributed by atoms with Crippen molar-refractivity contribution in [3.8, 4) is 11.4 Å². The van der Waals surface area contributed by atoms with Gasteiger partial charge in [0.25, 0.3) is 5.56 Å². The number of aryl methyl sites for hydroxylation is 1. The lowest BCUT2D eigenvalue weighted by molar-refractivity contribution is -0.119. The minimum atomic E-state index is -0.558. The van der Waals surface area contributed by atoms with Gasteiger partial charge in [0.05, 0.1) is 5.75 Å². The third-order valence-electron chi connectivity index (χ3n) is 4.20. The number of carbonyl (C=O) groups is 1. The molecule has 158 valence electrons. The highest BCUT2D eigenvalue weighted by Gasteiger charge is 2.20. The van der Waals surface area contributed by atoms with Gasteiger partial charge in [-0.05, 0) is 32.9 Å². The molecule has 0 saturated heterocycles. The van der Waals surface area contributed by atoms with E-state index in [1.54, 1.807) is 6.07 Å². The van der Waals surface area contributed by atoms with Crippen molar-refractivity contribution in [1.29, 1.82) is 0 Å². The molecule has 0 fully saturated rings. The minimum absolute atomic E-state index is 0.0119. The maximum Gasteiger partial charge on any atom is 0.332 e. The van der Waals surface area contributed by atoms with Gasteiger partial charge in [-0.15, -0.1) is 0 Å². The van der Waals surface area contributed by atoms with Crippen molar-refractivity contribution in [2.45, 2.75) is 31.3 Å². The monoisotopic (exact) mass is 431 g/mol.